The van der Waals surface area contributed by atoms with Gasteiger partial charge in [0.2, 0.25) is 5.75 Å². The first-order valence-electron chi connectivity index (χ1n) is 1.99. The van der Waals surface area contributed by atoms with Crippen molar-refractivity contribution in [1.29, 1.82) is 0 Å². The molecule has 0 spiro atoms. The van der Waals surface area contributed by atoms with E-state index in [9.17, 15) is 14.1 Å². The van der Waals surface area contributed by atoms with Gasteiger partial charge in [0.15, 0.2) is 0 Å². The SMILES string of the molecule is O=c1c(O)c(OF)c1=O. The summed E-state index contributed by atoms with van der Waals surface area (Å²) < 4.78 is 11.0. The van der Waals surface area contributed by atoms with Gasteiger partial charge in [0.05, 0.1) is 0 Å². The quantitative estimate of drug-likeness (QED) is 0.510. The Morgan fingerprint density at radius 1 is 1.33 bits per heavy atom. The highest BCUT2D eigenvalue weighted by atomic mass is 19.3. The van der Waals surface area contributed by atoms with Crippen LogP contribution in [0.1, 0.15) is 0 Å². The first-order valence-corrected chi connectivity index (χ1v) is 1.99. The Bertz CT molecular complexity index is 295. The van der Waals surface area contributed by atoms with Gasteiger partial charge in [-0.1, -0.05) is 0 Å². The van der Waals surface area contributed by atoms with Crippen LogP contribution in [-0.4, -0.2) is 5.11 Å². The van der Waals surface area contributed by atoms with Gasteiger partial charge in [0.1, 0.15) is 0 Å². The largest absolute Gasteiger partial charge is 0.501 e. The summed E-state index contributed by atoms with van der Waals surface area (Å²) in [7, 11) is 0. The van der Waals surface area contributed by atoms with Crippen molar-refractivity contribution in [1.82, 2.24) is 0 Å². The van der Waals surface area contributed by atoms with Gasteiger partial charge in [-0.05, 0) is 0 Å². The van der Waals surface area contributed by atoms with Crippen LogP contribution in [-0.2, 0) is 0 Å². The molecule has 0 aliphatic carbocycles. The van der Waals surface area contributed by atoms with Crippen molar-refractivity contribution in [2.45, 2.75) is 0 Å². The van der Waals surface area contributed by atoms with E-state index in [0.717, 1.165) is 0 Å². The average molecular weight is 132 g/mol. The molecule has 9 heavy (non-hydrogen) atoms. The zero-order valence-electron chi connectivity index (χ0n) is 4.05. The van der Waals surface area contributed by atoms with E-state index in [1.165, 1.54) is 0 Å². The summed E-state index contributed by atoms with van der Waals surface area (Å²) in [6.07, 6.45) is 0. The molecule has 4 nitrogen and oxygen atoms in total. The second-order valence-electron chi connectivity index (χ2n) is 1.41. The second kappa shape index (κ2) is 1.54. The van der Waals surface area contributed by atoms with Crippen LogP contribution < -0.4 is 15.8 Å². The maximum atomic E-state index is 11.0. The lowest BCUT2D eigenvalue weighted by atomic mass is 10.2. The molecule has 1 aromatic rings. The van der Waals surface area contributed by atoms with Gasteiger partial charge in [0.25, 0.3) is 16.6 Å². The Kier molecular flexibility index (Phi) is 0.985. The fraction of sp³-hybridized carbons (Fsp3) is 0. The van der Waals surface area contributed by atoms with Crippen LogP contribution in [0, 0.1) is 0 Å². The van der Waals surface area contributed by atoms with Gasteiger partial charge in [-0.3, -0.25) is 14.5 Å². The Hall–Kier alpha value is -1.39. The molecule has 48 valence electrons. The highest BCUT2D eigenvalue weighted by molar-refractivity contribution is 5.43. The van der Waals surface area contributed by atoms with Gasteiger partial charge in [-0.15, -0.1) is 0 Å². The monoisotopic (exact) mass is 132 g/mol. The summed E-state index contributed by atoms with van der Waals surface area (Å²) in [6, 6.07) is 0. The fourth-order valence-corrected chi connectivity index (χ4v) is 0.430. The topological polar surface area (TPSA) is 63.6 Å². The van der Waals surface area contributed by atoms with Gasteiger partial charge in [-0.2, -0.15) is 0 Å². The minimum Gasteiger partial charge on any atom is -0.501 e. The first-order chi connectivity index (χ1) is 4.18. The predicted molar refractivity (Wildman–Crippen MR) is 24.8 cm³/mol. The van der Waals surface area contributed by atoms with E-state index in [2.05, 4.69) is 4.94 Å². The molecular formula is C4HFO4. The van der Waals surface area contributed by atoms with Crippen LogP contribution >= 0.6 is 0 Å². The lowest BCUT2D eigenvalue weighted by Crippen LogP contribution is -2.30. The van der Waals surface area contributed by atoms with Gasteiger partial charge in [0, 0.05) is 4.53 Å². The van der Waals surface area contributed by atoms with Crippen LogP contribution in [0.3, 0.4) is 0 Å². The summed E-state index contributed by atoms with van der Waals surface area (Å²) >= 11 is 0. The van der Waals surface area contributed by atoms with Crippen molar-refractivity contribution in [3.05, 3.63) is 20.4 Å². The Morgan fingerprint density at radius 3 is 2.11 bits per heavy atom. The van der Waals surface area contributed by atoms with E-state index in [-0.39, 0.29) is 0 Å². The fourth-order valence-electron chi connectivity index (χ4n) is 0.430. The zero-order valence-corrected chi connectivity index (χ0v) is 4.05. The minimum absolute atomic E-state index is 0.903. The summed E-state index contributed by atoms with van der Waals surface area (Å²) in [5.74, 6) is -1.84. The summed E-state index contributed by atoms with van der Waals surface area (Å²) in [5, 5.41) is 8.29. The molecule has 0 aliphatic rings. The molecule has 0 unspecified atom stereocenters. The molecule has 0 heterocycles. The number of hydrogen-bond acceptors (Lipinski definition) is 4. The molecule has 5 heteroatoms. The van der Waals surface area contributed by atoms with E-state index < -0.39 is 22.4 Å². The van der Waals surface area contributed by atoms with Crippen molar-refractivity contribution in [2.75, 3.05) is 0 Å². The van der Waals surface area contributed by atoms with Crippen molar-refractivity contribution < 1.29 is 14.6 Å². The molecule has 0 atom stereocenters. The van der Waals surface area contributed by atoms with Gasteiger partial charge in [-0.25, -0.2) is 0 Å². The summed E-state index contributed by atoms with van der Waals surface area (Å²) in [4.78, 5) is 22.9. The lowest BCUT2D eigenvalue weighted by Gasteiger charge is -1.95. The van der Waals surface area contributed by atoms with Crippen LogP contribution in [0.2, 0.25) is 0 Å². The molecule has 0 fully saturated rings. The smallest absolute Gasteiger partial charge is 0.280 e. The number of aromatic hydroxyl groups is 1. The van der Waals surface area contributed by atoms with E-state index in [4.69, 9.17) is 5.11 Å². The standard InChI is InChI=1S/C4HFO4/c5-9-4-2(7)1(6)3(4)8/h7H. The van der Waals surface area contributed by atoms with E-state index in [1.54, 1.807) is 0 Å². The highest BCUT2D eigenvalue weighted by Crippen LogP contribution is 2.17. The number of halogens is 1. The van der Waals surface area contributed by atoms with Gasteiger partial charge >= 0.3 is 0 Å². The maximum Gasteiger partial charge on any atom is 0.280 e. The van der Waals surface area contributed by atoms with Crippen molar-refractivity contribution in [3.63, 3.8) is 0 Å². The first kappa shape index (κ1) is 5.74. The van der Waals surface area contributed by atoms with Gasteiger partial charge < -0.3 is 5.11 Å². The van der Waals surface area contributed by atoms with Crippen LogP contribution in [0.4, 0.5) is 4.53 Å². The second-order valence-corrected chi connectivity index (χ2v) is 1.41. The average Bonchev–Trinajstić information content (AvgIpc) is 1.89. The predicted octanol–water partition coefficient (Wildman–Crippen LogP) is -0.749. The summed E-state index contributed by atoms with van der Waals surface area (Å²) in [5.41, 5.74) is -2.24. The number of rotatable bonds is 1. The zero-order chi connectivity index (χ0) is 7.02. The van der Waals surface area contributed by atoms with Crippen molar-refractivity contribution in [3.8, 4) is 11.5 Å². The Balaban J connectivity index is 3.25. The molecule has 1 aromatic carbocycles. The molecule has 0 bridgehead atoms. The molecule has 0 saturated carbocycles. The van der Waals surface area contributed by atoms with Crippen molar-refractivity contribution >= 4 is 0 Å². The lowest BCUT2D eigenvalue weighted by molar-refractivity contribution is -0.0125. The molecule has 0 saturated heterocycles. The Labute approximate surface area is 47.7 Å². The third-order valence-electron chi connectivity index (χ3n) is 0.920. The summed E-state index contributed by atoms with van der Waals surface area (Å²) in [6.45, 7) is 0. The molecule has 0 amide bonds. The van der Waals surface area contributed by atoms with E-state index in [1.807, 2.05) is 0 Å². The minimum atomic E-state index is -1.13. The van der Waals surface area contributed by atoms with Crippen LogP contribution in [0.5, 0.6) is 11.5 Å². The molecule has 0 radical (unpaired) electrons. The number of hydrogen-bond donors (Lipinski definition) is 1. The third-order valence-corrected chi connectivity index (χ3v) is 0.920. The van der Waals surface area contributed by atoms with Crippen molar-refractivity contribution in [2.24, 2.45) is 0 Å². The third kappa shape index (κ3) is 0.509. The molecule has 1 N–H and O–H groups in total. The van der Waals surface area contributed by atoms with E-state index >= 15 is 0 Å². The molecule has 1 rings (SSSR count). The Morgan fingerprint density at radius 2 is 1.89 bits per heavy atom. The van der Waals surface area contributed by atoms with E-state index in [0.29, 0.717) is 0 Å². The normalized spacial score (nSPS) is 9.89. The molecule has 0 aliphatic heterocycles. The van der Waals surface area contributed by atoms with Crippen LogP contribution in [0.25, 0.3) is 0 Å². The molecular weight excluding hydrogens is 131 g/mol. The molecule has 0 aromatic heterocycles. The highest BCUT2D eigenvalue weighted by Gasteiger charge is 2.22. The van der Waals surface area contributed by atoms with Crippen LogP contribution in [0.15, 0.2) is 9.59 Å². The maximum absolute atomic E-state index is 11.0.